The predicted molar refractivity (Wildman–Crippen MR) is 76.5 cm³/mol. The lowest BCUT2D eigenvalue weighted by Crippen LogP contribution is -2.05. The first-order valence-electron chi connectivity index (χ1n) is 4.72. The molecule has 0 aliphatic rings. The van der Waals surface area contributed by atoms with Crippen molar-refractivity contribution in [2.75, 3.05) is 11.9 Å². The van der Waals surface area contributed by atoms with Gasteiger partial charge in [0, 0.05) is 15.5 Å². The number of anilines is 1. The number of hydrogen-bond donors (Lipinski definition) is 2. The second-order valence-electron chi connectivity index (χ2n) is 2.90. The number of rotatable bonds is 4. The maximum atomic E-state index is 11.2. The number of carbonyl (C=O) groups is 1. The highest BCUT2D eigenvalue weighted by atomic mass is 127. The van der Waals surface area contributed by atoms with E-state index >= 15 is 0 Å². The fraction of sp³-hybridized carbons (Fsp3) is 0.182. The largest absolute Gasteiger partial charge is 0.462 e. The Morgan fingerprint density at radius 2 is 2.12 bits per heavy atom. The summed E-state index contributed by atoms with van der Waals surface area (Å²) in [6, 6.07) is 7.79. The number of halogens is 1. The van der Waals surface area contributed by atoms with Gasteiger partial charge in [0.1, 0.15) is 4.91 Å². The molecular formula is C11H12INO2S. The van der Waals surface area contributed by atoms with E-state index in [0.29, 0.717) is 6.61 Å². The molecule has 0 fully saturated rings. The first kappa shape index (κ1) is 13.4. The third kappa shape index (κ3) is 4.44. The Labute approximate surface area is 114 Å². The van der Waals surface area contributed by atoms with Crippen molar-refractivity contribution < 1.29 is 9.53 Å². The summed E-state index contributed by atoms with van der Waals surface area (Å²) in [6.45, 7) is 2.10. The van der Waals surface area contributed by atoms with Gasteiger partial charge in [0.05, 0.1) is 6.61 Å². The molecule has 0 aromatic heterocycles. The van der Waals surface area contributed by atoms with Crippen LogP contribution in [-0.2, 0) is 9.53 Å². The molecule has 86 valence electrons. The molecule has 1 rings (SSSR count). The molecule has 3 nitrogen and oxygen atoms in total. The summed E-state index contributed by atoms with van der Waals surface area (Å²) >= 11 is 6.26. The lowest BCUT2D eigenvalue weighted by Gasteiger charge is -2.03. The molecule has 0 spiro atoms. The highest BCUT2D eigenvalue weighted by molar-refractivity contribution is 14.1. The highest BCUT2D eigenvalue weighted by Gasteiger charge is 2.04. The van der Waals surface area contributed by atoms with Crippen molar-refractivity contribution in [3.63, 3.8) is 0 Å². The van der Waals surface area contributed by atoms with E-state index in [1.54, 1.807) is 6.92 Å². The number of carbonyl (C=O) groups excluding carboxylic acids is 1. The van der Waals surface area contributed by atoms with Crippen LogP contribution in [0.3, 0.4) is 0 Å². The topological polar surface area (TPSA) is 38.3 Å². The van der Waals surface area contributed by atoms with Crippen LogP contribution >= 0.6 is 35.2 Å². The van der Waals surface area contributed by atoms with Crippen molar-refractivity contribution in [1.29, 1.82) is 0 Å². The van der Waals surface area contributed by atoms with Gasteiger partial charge >= 0.3 is 5.97 Å². The molecule has 0 atom stereocenters. The first-order chi connectivity index (χ1) is 7.63. The van der Waals surface area contributed by atoms with Crippen LogP contribution in [0, 0.1) is 3.57 Å². The van der Waals surface area contributed by atoms with Crippen molar-refractivity contribution in [1.82, 2.24) is 0 Å². The Morgan fingerprint density at radius 3 is 2.69 bits per heavy atom. The van der Waals surface area contributed by atoms with Crippen LogP contribution in [0.1, 0.15) is 6.92 Å². The summed E-state index contributed by atoms with van der Waals surface area (Å²) < 4.78 is 5.94. The molecule has 0 bridgehead atoms. The van der Waals surface area contributed by atoms with E-state index in [9.17, 15) is 4.79 Å². The summed E-state index contributed by atoms with van der Waals surface area (Å²) in [6.07, 6.45) is 1.52. The van der Waals surface area contributed by atoms with E-state index in [4.69, 9.17) is 4.74 Å². The zero-order valence-electron chi connectivity index (χ0n) is 8.74. The number of benzene rings is 1. The lowest BCUT2D eigenvalue weighted by molar-refractivity contribution is -0.137. The van der Waals surface area contributed by atoms with E-state index < -0.39 is 5.97 Å². The van der Waals surface area contributed by atoms with E-state index in [1.807, 2.05) is 24.3 Å². The molecule has 0 aliphatic heterocycles. The second kappa shape index (κ2) is 6.80. The fourth-order valence-electron chi connectivity index (χ4n) is 0.962. The van der Waals surface area contributed by atoms with Gasteiger partial charge in [-0.15, -0.1) is 12.6 Å². The summed E-state index contributed by atoms with van der Waals surface area (Å²) in [5.41, 5.74) is 0.899. The van der Waals surface area contributed by atoms with Gasteiger partial charge in [-0.1, -0.05) is 0 Å². The SMILES string of the molecule is CCOC(=O)/C(S)=C\Nc1ccc(I)cc1. The molecule has 1 N–H and O–H groups in total. The van der Waals surface area contributed by atoms with Gasteiger partial charge in [0.15, 0.2) is 0 Å². The average molecular weight is 349 g/mol. The molecule has 0 unspecified atom stereocenters. The molecule has 16 heavy (non-hydrogen) atoms. The van der Waals surface area contributed by atoms with Crippen LogP contribution < -0.4 is 5.32 Å². The molecule has 0 heterocycles. The monoisotopic (exact) mass is 349 g/mol. The van der Waals surface area contributed by atoms with Gasteiger partial charge in [0.25, 0.3) is 0 Å². The van der Waals surface area contributed by atoms with Crippen LogP contribution in [-0.4, -0.2) is 12.6 Å². The maximum Gasteiger partial charge on any atom is 0.345 e. The number of nitrogens with one attached hydrogen (secondary N) is 1. The summed E-state index contributed by atoms with van der Waals surface area (Å²) in [4.78, 5) is 11.5. The fourth-order valence-corrected chi connectivity index (χ4v) is 1.45. The molecule has 0 radical (unpaired) electrons. The number of hydrogen-bond acceptors (Lipinski definition) is 4. The second-order valence-corrected chi connectivity index (χ2v) is 4.63. The van der Waals surface area contributed by atoms with Gasteiger partial charge in [-0.25, -0.2) is 4.79 Å². The Morgan fingerprint density at radius 1 is 1.50 bits per heavy atom. The van der Waals surface area contributed by atoms with Crippen LogP contribution in [0.15, 0.2) is 35.4 Å². The van der Waals surface area contributed by atoms with Crippen molar-refractivity contribution in [3.05, 3.63) is 38.9 Å². The third-order valence-corrected chi connectivity index (χ3v) is 2.74. The van der Waals surface area contributed by atoms with E-state index in [-0.39, 0.29) is 4.91 Å². The number of thiol groups is 1. The smallest absolute Gasteiger partial charge is 0.345 e. The molecule has 0 saturated carbocycles. The van der Waals surface area contributed by atoms with Crippen molar-refractivity contribution in [2.24, 2.45) is 0 Å². The first-order valence-corrected chi connectivity index (χ1v) is 6.24. The third-order valence-electron chi connectivity index (χ3n) is 1.70. The van der Waals surface area contributed by atoms with Gasteiger partial charge in [-0.05, 0) is 53.8 Å². The minimum absolute atomic E-state index is 0.250. The highest BCUT2D eigenvalue weighted by Crippen LogP contribution is 2.12. The zero-order chi connectivity index (χ0) is 12.0. The summed E-state index contributed by atoms with van der Waals surface area (Å²) in [5.74, 6) is -0.427. The van der Waals surface area contributed by atoms with Gasteiger partial charge in [-0.3, -0.25) is 0 Å². The van der Waals surface area contributed by atoms with Gasteiger partial charge < -0.3 is 10.1 Å². The molecule has 1 aromatic carbocycles. The zero-order valence-corrected chi connectivity index (χ0v) is 11.8. The molecule has 0 amide bonds. The Balaban J connectivity index is 2.58. The average Bonchev–Trinajstić information content (AvgIpc) is 2.28. The minimum Gasteiger partial charge on any atom is -0.462 e. The maximum absolute atomic E-state index is 11.2. The molecule has 0 saturated heterocycles. The molecule has 0 aliphatic carbocycles. The Kier molecular flexibility index (Phi) is 5.68. The van der Waals surface area contributed by atoms with Crippen LogP contribution in [0.5, 0.6) is 0 Å². The van der Waals surface area contributed by atoms with E-state index in [1.165, 1.54) is 6.20 Å². The summed E-state index contributed by atoms with van der Waals surface area (Å²) in [7, 11) is 0. The predicted octanol–water partition coefficient (Wildman–Crippen LogP) is 3.04. The quantitative estimate of drug-likeness (QED) is 0.380. The number of esters is 1. The number of ether oxygens (including phenoxy) is 1. The van der Waals surface area contributed by atoms with Crippen molar-refractivity contribution >= 4 is 46.9 Å². The minimum atomic E-state index is -0.427. The standard InChI is InChI=1S/C11H12INO2S/c1-2-15-11(14)10(16)7-13-9-5-3-8(12)4-6-9/h3-7,13,16H,2H2,1H3/b10-7+. The van der Waals surface area contributed by atoms with Gasteiger partial charge in [0.2, 0.25) is 0 Å². The van der Waals surface area contributed by atoms with Gasteiger partial charge in [-0.2, -0.15) is 0 Å². The molecule has 5 heteroatoms. The Bertz CT molecular complexity index is 389. The summed E-state index contributed by atoms with van der Waals surface area (Å²) in [5, 5.41) is 2.97. The van der Waals surface area contributed by atoms with Crippen molar-refractivity contribution in [2.45, 2.75) is 6.92 Å². The van der Waals surface area contributed by atoms with Crippen molar-refractivity contribution in [3.8, 4) is 0 Å². The van der Waals surface area contributed by atoms with E-state index in [2.05, 4.69) is 40.5 Å². The lowest BCUT2D eigenvalue weighted by atomic mass is 10.3. The molecular weight excluding hydrogens is 337 g/mol. The van der Waals surface area contributed by atoms with Crippen LogP contribution in [0.4, 0.5) is 5.69 Å². The van der Waals surface area contributed by atoms with E-state index in [0.717, 1.165) is 9.26 Å². The van der Waals surface area contributed by atoms with Crippen LogP contribution in [0.2, 0.25) is 0 Å². The molecule has 1 aromatic rings. The normalized spacial score (nSPS) is 11.1. The van der Waals surface area contributed by atoms with Crippen LogP contribution in [0.25, 0.3) is 0 Å². The Hall–Kier alpha value is -0.690.